The van der Waals surface area contributed by atoms with Crippen LogP contribution in [0.1, 0.15) is 51.9 Å². The molecule has 96 valence electrons. The summed E-state index contributed by atoms with van der Waals surface area (Å²) in [5.41, 5.74) is 0. The number of rotatable bonds is 4. The van der Waals surface area contributed by atoms with Gasteiger partial charge in [0.2, 0.25) is 0 Å². The van der Waals surface area contributed by atoms with Crippen molar-refractivity contribution in [3.05, 3.63) is 0 Å². The molecule has 0 spiro atoms. The lowest BCUT2D eigenvalue weighted by molar-refractivity contribution is -0.139. The Labute approximate surface area is 105 Å². The first-order chi connectivity index (χ1) is 7.24. The molecule has 0 aromatic carbocycles. The van der Waals surface area contributed by atoms with Crippen molar-refractivity contribution in [1.29, 1.82) is 0 Å². The maximum atomic E-state index is 10.7. The second-order valence-corrected chi connectivity index (χ2v) is 4.46. The Hall–Kier alpha value is -0.280. The van der Waals surface area contributed by atoms with E-state index in [1.807, 2.05) is 0 Å². The fraction of sp³-hybridized carbons (Fsp3) is 0.917. The van der Waals surface area contributed by atoms with Crippen LogP contribution in [-0.2, 0) is 4.79 Å². The van der Waals surface area contributed by atoms with Crippen molar-refractivity contribution in [2.24, 2.45) is 0 Å². The third-order valence-corrected chi connectivity index (χ3v) is 3.34. The number of nitrogens with zero attached hydrogens (tertiary/aromatic N) is 1. The van der Waals surface area contributed by atoms with E-state index in [-0.39, 0.29) is 19.0 Å². The Morgan fingerprint density at radius 1 is 1.19 bits per heavy atom. The summed E-state index contributed by atoms with van der Waals surface area (Å²) in [5.74, 6) is -0.695. The number of carboxylic acids is 1. The molecule has 0 bridgehead atoms. The summed E-state index contributed by atoms with van der Waals surface area (Å²) in [6, 6.07) is 0.506. The van der Waals surface area contributed by atoms with Crippen LogP contribution in [0, 0.1) is 0 Å². The first kappa shape index (κ1) is 15.7. The molecule has 1 saturated carbocycles. The number of likely N-dealkylation sites (N-methyl/N-ethyl adjacent to an activating group) is 1. The van der Waals surface area contributed by atoms with E-state index in [4.69, 9.17) is 5.11 Å². The van der Waals surface area contributed by atoms with Gasteiger partial charge in [-0.1, -0.05) is 39.0 Å². The number of hydrogen-bond acceptors (Lipinski definition) is 2. The van der Waals surface area contributed by atoms with Gasteiger partial charge in [0.05, 0.1) is 6.54 Å². The van der Waals surface area contributed by atoms with E-state index in [0.29, 0.717) is 6.04 Å². The molecule has 1 fully saturated rings. The van der Waals surface area contributed by atoms with Crippen LogP contribution in [0.5, 0.6) is 0 Å². The highest BCUT2D eigenvalue weighted by Crippen LogP contribution is 2.21. The molecule has 0 atom stereocenters. The maximum Gasteiger partial charge on any atom is 0.317 e. The van der Waals surface area contributed by atoms with Gasteiger partial charge < -0.3 is 5.11 Å². The Bertz CT molecular complexity index is 191. The average molecular weight is 250 g/mol. The third-order valence-electron chi connectivity index (χ3n) is 3.34. The molecule has 0 aromatic rings. The highest BCUT2D eigenvalue weighted by atomic mass is 35.5. The molecule has 4 heteroatoms. The summed E-state index contributed by atoms with van der Waals surface area (Å²) in [4.78, 5) is 12.8. The zero-order valence-corrected chi connectivity index (χ0v) is 11.0. The Kier molecular flexibility index (Phi) is 8.67. The summed E-state index contributed by atoms with van der Waals surface area (Å²) >= 11 is 0. The predicted octanol–water partition coefficient (Wildman–Crippen LogP) is 2.93. The summed E-state index contributed by atoms with van der Waals surface area (Å²) in [6.07, 6.45) is 8.89. The second-order valence-electron chi connectivity index (χ2n) is 4.46. The molecule has 16 heavy (non-hydrogen) atoms. The summed E-state index contributed by atoms with van der Waals surface area (Å²) in [7, 11) is 0. The lowest BCUT2D eigenvalue weighted by Gasteiger charge is -2.30. The maximum absolute atomic E-state index is 10.7. The molecule has 1 aliphatic carbocycles. The van der Waals surface area contributed by atoms with Gasteiger partial charge in [0.15, 0.2) is 0 Å². The molecule has 1 rings (SSSR count). The van der Waals surface area contributed by atoms with Gasteiger partial charge in [0, 0.05) is 6.04 Å². The normalized spacial score (nSPS) is 18.6. The number of hydrogen-bond donors (Lipinski definition) is 1. The van der Waals surface area contributed by atoms with Crippen LogP contribution in [0.3, 0.4) is 0 Å². The van der Waals surface area contributed by atoms with E-state index >= 15 is 0 Å². The Balaban J connectivity index is 0.00000225. The van der Waals surface area contributed by atoms with Crippen molar-refractivity contribution in [3.63, 3.8) is 0 Å². The molecule has 0 aromatic heterocycles. The molecule has 0 aliphatic heterocycles. The van der Waals surface area contributed by atoms with E-state index in [1.165, 1.54) is 44.9 Å². The molecule has 0 saturated heterocycles. The van der Waals surface area contributed by atoms with E-state index < -0.39 is 5.97 Å². The van der Waals surface area contributed by atoms with Crippen LogP contribution in [0.15, 0.2) is 0 Å². The van der Waals surface area contributed by atoms with Crippen LogP contribution in [-0.4, -0.2) is 35.1 Å². The van der Waals surface area contributed by atoms with Gasteiger partial charge >= 0.3 is 5.97 Å². The van der Waals surface area contributed by atoms with Crippen LogP contribution >= 0.6 is 12.4 Å². The molecule has 1 N–H and O–H groups in total. The quantitative estimate of drug-likeness (QED) is 0.833. The van der Waals surface area contributed by atoms with E-state index in [9.17, 15) is 4.79 Å². The smallest absolute Gasteiger partial charge is 0.317 e. The molecular weight excluding hydrogens is 226 g/mol. The lowest BCUT2D eigenvalue weighted by Crippen LogP contribution is -2.39. The third kappa shape index (κ3) is 5.71. The van der Waals surface area contributed by atoms with Gasteiger partial charge in [-0.15, -0.1) is 12.4 Å². The van der Waals surface area contributed by atoms with Gasteiger partial charge in [-0.2, -0.15) is 0 Å². The monoisotopic (exact) mass is 249 g/mol. The van der Waals surface area contributed by atoms with E-state index in [0.717, 1.165) is 6.54 Å². The predicted molar refractivity (Wildman–Crippen MR) is 68.2 cm³/mol. The fourth-order valence-corrected chi connectivity index (χ4v) is 2.47. The molecule has 0 heterocycles. The van der Waals surface area contributed by atoms with Crippen molar-refractivity contribution >= 4 is 18.4 Å². The van der Waals surface area contributed by atoms with Gasteiger partial charge in [-0.05, 0) is 19.4 Å². The molecule has 0 unspecified atom stereocenters. The van der Waals surface area contributed by atoms with Crippen molar-refractivity contribution in [2.75, 3.05) is 13.1 Å². The number of aliphatic carboxylic acids is 1. The number of halogens is 1. The highest BCUT2D eigenvalue weighted by molar-refractivity contribution is 5.85. The summed E-state index contributed by atoms with van der Waals surface area (Å²) < 4.78 is 0. The number of carbonyl (C=O) groups is 1. The Morgan fingerprint density at radius 3 is 2.12 bits per heavy atom. The first-order valence-electron chi connectivity index (χ1n) is 6.20. The van der Waals surface area contributed by atoms with Crippen LogP contribution in [0.4, 0.5) is 0 Å². The van der Waals surface area contributed by atoms with Gasteiger partial charge in [0.25, 0.3) is 0 Å². The van der Waals surface area contributed by atoms with E-state index in [2.05, 4.69) is 11.8 Å². The fourth-order valence-electron chi connectivity index (χ4n) is 2.47. The standard InChI is InChI=1S/C12H23NO2.ClH/c1-2-13(10-12(14)15)11-8-6-4-3-5-7-9-11;/h11H,2-10H2,1H3,(H,14,15);1H. The van der Waals surface area contributed by atoms with Gasteiger partial charge in [0.1, 0.15) is 0 Å². The zero-order valence-electron chi connectivity index (χ0n) is 10.2. The van der Waals surface area contributed by atoms with Crippen molar-refractivity contribution < 1.29 is 9.90 Å². The van der Waals surface area contributed by atoms with Crippen molar-refractivity contribution in [1.82, 2.24) is 4.90 Å². The van der Waals surface area contributed by atoms with Crippen LogP contribution in [0.2, 0.25) is 0 Å². The Morgan fingerprint density at radius 2 is 1.69 bits per heavy atom. The minimum Gasteiger partial charge on any atom is -0.480 e. The number of carboxylic acid groups (broad SMARTS) is 1. The lowest BCUT2D eigenvalue weighted by atomic mass is 9.95. The van der Waals surface area contributed by atoms with Gasteiger partial charge in [-0.25, -0.2) is 0 Å². The molecule has 0 radical (unpaired) electrons. The average Bonchev–Trinajstić information content (AvgIpc) is 2.14. The molecule has 3 nitrogen and oxygen atoms in total. The largest absolute Gasteiger partial charge is 0.480 e. The molecule has 1 aliphatic rings. The minimum absolute atomic E-state index is 0. The molecule has 0 amide bonds. The minimum atomic E-state index is -0.695. The SMILES string of the molecule is CCN(CC(=O)O)C1CCCCCCC1.Cl. The summed E-state index contributed by atoms with van der Waals surface area (Å²) in [6.45, 7) is 3.12. The van der Waals surface area contributed by atoms with Crippen molar-refractivity contribution in [2.45, 2.75) is 57.9 Å². The van der Waals surface area contributed by atoms with E-state index in [1.54, 1.807) is 0 Å². The molecular formula is C12H24ClNO2. The van der Waals surface area contributed by atoms with Crippen LogP contribution in [0.25, 0.3) is 0 Å². The second kappa shape index (κ2) is 8.82. The topological polar surface area (TPSA) is 40.5 Å². The highest BCUT2D eigenvalue weighted by Gasteiger charge is 2.19. The van der Waals surface area contributed by atoms with Gasteiger partial charge in [-0.3, -0.25) is 9.69 Å². The zero-order chi connectivity index (χ0) is 11.1. The first-order valence-corrected chi connectivity index (χ1v) is 6.20. The summed E-state index contributed by atoms with van der Waals surface area (Å²) in [5, 5.41) is 8.83. The van der Waals surface area contributed by atoms with Crippen LogP contribution < -0.4 is 0 Å². The van der Waals surface area contributed by atoms with Crippen molar-refractivity contribution in [3.8, 4) is 0 Å².